The highest BCUT2D eigenvalue weighted by Gasteiger charge is 2.02. The van der Waals surface area contributed by atoms with Crippen molar-refractivity contribution in [2.24, 2.45) is 0 Å². The zero-order valence-corrected chi connectivity index (χ0v) is 10.6. The lowest BCUT2D eigenvalue weighted by molar-refractivity contribution is 0.466. The predicted octanol–water partition coefficient (Wildman–Crippen LogP) is 4.47. The lowest BCUT2D eigenvalue weighted by Gasteiger charge is -2.07. The van der Waals surface area contributed by atoms with Gasteiger partial charge in [0.15, 0.2) is 0 Å². The average molecular weight is 220 g/mol. The van der Waals surface area contributed by atoms with Crippen molar-refractivity contribution in [2.75, 3.05) is 0 Å². The standard InChI is InChI=1S/C15H24O/c1-3-5-7-8-13-10-11-15(16)14(12-13)9-6-4-2/h10-12,16H,3-9H2,1-2H3. The molecule has 0 aliphatic rings. The zero-order chi connectivity index (χ0) is 11.8. The summed E-state index contributed by atoms with van der Waals surface area (Å²) in [5, 5.41) is 9.73. The van der Waals surface area contributed by atoms with Crippen LogP contribution in [0.25, 0.3) is 0 Å². The number of hydrogen-bond donors (Lipinski definition) is 1. The second kappa shape index (κ2) is 7.32. The summed E-state index contributed by atoms with van der Waals surface area (Å²) in [5.74, 6) is 0.465. The van der Waals surface area contributed by atoms with Crippen LogP contribution in [0.3, 0.4) is 0 Å². The highest BCUT2D eigenvalue weighted by molar-refractivity contribution is 5.36. The van der Waals surface area contributed by atoms with Crippen LogP contribution in [0.5, 0.6) is 5.75 Å². The number of unbranched alkanes of at least 4 members (excludes halogenated alkanes) is 3. The lowest BCUT2D eigenvalue weighted by Crippen LogP contribution is -1.91. The molecule has 0 saturated carbocycles. The Morgan fingerprint density at radius 2 is 1.69 bits per heavy atom. The van der Waals surface area contributed by atoms with Gasteiger partial charge in [0.05, 0.1) is 0 Å². The first-order valence-corrected chi connectivity index (χ1v) is 6.58. The quantitative estimate of drug-likeness (QED) is 0.672. The molecule has 1 aromatic rings. The molecule has 0 amide bonds. The Hall–Kier alpha value is -0.980. The van der Waals surface area contributed by atoms with Crippen molar-refractivity contribution in [2.45, 2.75) is 58.8 Å². The van der Waals surface area contributed by atoms with Crippen LogP contribution in [-0.2, 0) is 12.8 Å². The third kappa shape index (κ3) is 4.26. The second-order valence-electron chi connectivity index (χ2n) is 4.52. The minimum atomic E-state index is 0.465. The largest absolute Gasteiger partial charge is 0.508 e. The molecule has 0 heterocycles. The van der Waals surface area contributed by atoms with Crippen LogP contribution < -0.4 is 0 Å². The van der Waals surface area contributed by atoms with Gasteiger partial charge in [-0.05, 0) is 42.9 Å². The van der Waals surface area contributed by atoms with Gasteiger partial charge in [0, 0.05) is 0 Å². The van der Waals surface area contributed by atoms with Crippen LogP contribution in [-0.4, -0.2) is 5.11 Å². The molecule has 0 fully saturated rings. The van der Waals surface area contributed by atoms with E-state index in [0.717, 1.165) is 24.8 Å². The Bertz CT molecular complexity index is 304. The van der Waals surface area contributed by atoms with Crippen molar-refractivity contribution in [1.29, 1.82) is 0 Å². The summed E-state index contributed by atoms with van der Waals surface area (Å²) in [7, 11) is 0. The molecular formula is C15H24O. The van der Waals surface area contributed by atoms with Crippen molar-refractivity contribution in [1.82, 2.24) is 0 Å². The number of aryl methyl sites for hydroxylation is 2. The molecule has 90 valence electrons. The van der Waals surface area contributed by atoms with Crippen LogP contribution in [0.4, 0.5) is 0 Å². The van der Waals surface area contributed by atoms with Crippen molar-refractivity contribution >= 4 is 0 Å². The third-order valence-electron chi connectivity index (χ3n) is 3.01. The molecule has 0 spiro atoms. The first kappa shape index (κ1) is 13.1. The molecule has 0 saturated heterocycles. The second-order valence-corrected chi connectivity index (χ2v) is 4.52. The number of benzene rings is 1. The lowest BCUT2D eigenvalue weighted by atomic mass is 10.0. The number of phenols is 1. The summed E-state index contributed by atoms with van der Waals surface area (Å²) in [6, 6.07) is 6.09. The smallest absolute Gasteiger partial charge is 0.118 e. The third-order valence-corrected chi connectivity index (χ3v) is 3.01. The maximum Gasteiger partial charge on any atom is 0.118 e. The predicted molar refractivity (Wildman–Crippen MR) is 69.9 cm³/mol. The van der Waals surface area contributed by atoms with Crippen molar-refractivity contribution in [3.05, 3.63) is 29.3 Å². The van der Waals surface area contributed by atoms with Gasteiger partial charge in [0.2, 0.25) is 0 Å². The van der Waals surface area contributed by atoms with Gasteiger partial charge in [-0.3, -0.25) is 0 Å². The van der Waals surface area contributed by atoms with Crippen molar-refractivity contribution in [3.8, 4) is 5.75 Å². The molecule has 1 nitrogen and oxygen atoms in total. The molecule has 16 heavy (non-hydrogen) atoms. The normalized spacial score (nSPS) is 10.6. The van der Waals surface area contributed by atoms with Crippen molar-refractivity contribution in [3.63, 3.8) is 0 Å². The van der Waals surface area contributed by atoms with E-state index in [0.29, 0.717) is 5.75 Å². The van der Waals surface area contributed by atoms with Gasteiger partial charge in [-0.15, -0.1) is 0 Å². The van der Waals surface area contributed by atoms with Gasteiger partial charge >= 0.3 is 0 Å². The molecule has 0 unspecified atom stereocenters. The summed E-state index contributed by atoms with van der Waals surface area (Å²) < 4.78 is 0. The average Bonchev–Trinajstić information content (AvgIpc) is 2.30. The first-order valence-electron chi connectivity index (χ1n) is 6.58. The Kier molecular flexibility index (Phi) is 5.99. The summed E-state index contributed by atoms with van der Waals surface area (Å²) >= 11 is 0. The zero-order valence-electron chi connectivity index (χ0n) is 10.6. The van der Waals surface area contributed by atoms with Crippen molar-refractivity contribution < 1.29 is 5.11 Å². The number of hydrogen-bond acceptors (Lipinski definition) is 1. The van der Waals surface area contributed by atoms with E-state index in [2.05, 4.69) is 26.0 Å². The molecule has 1 N–H and O–H groups in total. The number of aromatic hydroxyl groups is 1. The van der Waals surface area contributed by atoms with E-state index in [9.17, 15) is 5.11 Å². The van der Waals surface area contributed by atoms with E-state index in [4.69, 9.17) is 0 Å². The maximum atomic E-state index is 9.73. The molecule has 0 aliphatic carbocycles. The van der Waals surface area contributed by atoms with Crippen LogP contribution in [0.1, 0.15) is 57.1 Å². The maximum absolute atomic E-state index is 9.73. The molecule has 0 bridgehead atoms. The van der Waals surface area contributed by atoms with Gasteiger partial charge in [-0.25, -0.2) is 0 Å². The van der Waals surface area contributed by atoms with Crippen LogP contribution in [0.2, 0.25) is 0 Å². The van der Waals surface area contributed by atoms with Crippen LogP contribution >= 0.6 is 0 Å². The fourth-order valence-corrected chi connectivity index (χ4v) is 1.94. The van der Waals surface area contributed by atoms with E-state index in [1.54, 1.807) is 0 Å². The van der Waals surface area contributed by atoms with E-state index in [1.165, 1.54) is 31.2 Å². The Balaban J connectivity index is 2.58. The fourth-order valence-electron chi connectivity index (χ4n) is 1.94. The Morgan fingerprint density at radius 1 is 0.938 bits per heavy atom. The molecule has 0 aliphatic heterocycles. The number of rotatable bonds is 7. The monoisotopic (exact) mass is 220 g/mol. The molecule has 0 aromatic heterocycles. The van der Waals surface area contributed by atoms with Crippen LogP contribution in [0, 0.1) is 0 Å². The highest BCUT2D eigenvalue weighted by atomic mass is 16.3. The fraction of sp³-hybridized carbons (Fsp3) is 0.600. The molecule has 1 rings (SSSR count). The van der Waals surface area contributed by atoms with Gasteiger partial charge in [0.1, 0.15) is 5.75 Å². The number of phenolic OH excluding ortho intramolecular Hbond substituents is 1. The summed E-state index contributed by atoms with van der Waals surface area (Å²) in [5.41, 5.74) is 2.49. The van der Waals surface area contributed by atoms with Gasteiger partial charge < -0.3 is 5.11 Å². The summed E-state index contributed by atoms with van der Waals surface area (Å²) in [6.45, 7) is 4.41. The first-order chi connectivity index (χ1) is 7.77. The molecule has 1 heteroatoms. The van der Waals surface area contributed by atoms with Crippen LogP contribution in [0.15, 0.2) is 18.2 Å². The van der Waals surface area contributed by atoms with E-state index in [-0.39, 0.29) is 0 Å². The topological polar surface area (TPSA) is 20.2 Å². The summed E-state index contributed by atoms with van der Waals surface area (Å²) in [6.07, 6.45) is 8.31. The van der Waals surface area contributed by atoms with Gasteiger partial charge in [0.25, 0.3) is 0 Å². The van der Waals surface area contributed by atoms with E-state index >= 15 is 0 Å². The van der Waals surface area contributed by atoms with E-state index < -0.39 is 0 Å². The molecule has 0 radical (unpaired) electrons. The SMILES string of the molecule is CCCCCc1ccc(O)c(CCCC)c1. The Labute approximate surface area is 99.5 Å². The molecular weight excluding hydrogens is 196 g/mol. The highest BCUT2D eigenvalue weighted by Crippen LogP contribution is 2.21. The minimum absolute atomic E-state index is 0.465. The summed E-state index contributed by atoms with van der Waals surface area (Å²) in [4.78, 5) is 0. The van der Waals surface area contributed by atoms with E-state index in [1.807, 2.05) is 6.07 Å². The Morgan fingerprint density at radius 3 is 2.38 bits per heavy atom. The molecule has 1 aromatic carbocycles. The minimum Gasteiger partial charge on any atom is -0.508 e. The van der Waals surface area contributed by atoms with Gasteiger partial charge in [-0.1, -0.05) is 45.2 Å². The molecule has 0 atom stereocenters. The van der Waals surface area contributed by atoms with Gasteiger partial charge in [-0.2, -0.15) is 0 Å².